The molecule has 1 heterocycles. The summed E-state index contributed by atoms with van der Waals surface area (Å²) in [5, 5.41) is 11.9. The minimum Gasteiger partial charge on any atom is -0.391 e. The lowest BCUT2D eigenvalue weighted by Gasteiger charge is -2.11. The van der Waals surface area contributed by atoms with Gasteiger partial charge in [0.05, 0.1) is 11.4 Å². The molecule has 2 aromatic carbocycles. The maximum absolute atomic E-state index is 12.2. The van der Waals surface area contributed by atoms with Crippen LogP contribution in [-0.4, -0.2) is 25.5 Å². The van der Waals surface area contributed by atoms with Gasteiger partial charge in [-0.15, -0.1) is 0 Å². The first-order chi connectivity index (χ1) is 12.5. The molecule has 134 valence electrons. The summed E-state index contributed by atoms with van der Waals surface area (Å²) >= 11 is 0. The van der Waals surface area contributed by atoms with Gasteiger partial charge in [-0.3, -0.25) is 0 Å². The minimum atomic E-state index is -0.309. The van der Waals surface area contributed by atoms with E-state index in [1.165, 1.54) is 9.36 Å². The smallest absolute Gasteiger partial charge is 0.368 e. The van der Waals surface area contributed by atoms with Crippen molar-refractivity contribution in [2.45, 2.75) is 27.4 Å². The second-order valence-electron chi connectivity index (χ2n) is 6.13. The molecular formula is C19H21N5O2. The molecule has 0 unspecified atom stereocenters. The molecule has 26 heavy (non-hydrogen) atoms. The maximum Gasteiger partial charge on any atom is 0.368 e. The number of nitrogens with zero attached hydrogens (tertiary/aromatic N) is 5. The Morgan fingerprint density at radius 3 is 2.50 bits per heavy atom. The van der Waals surface area contributed by atoms with E-state index in [4.69, 9.17) is 4.84 Å². The van der Waals surface area contributed by atoms with Crippen LogP contribution in [0, 0.1) is 13.8 Å². The summed E-state index contributed by atoms with van der Waals surface area (Å²) in [6.07, 6.45) is 0. The van der Waals surface area contributed by atoms with E-state index in [-0.39, 0.29) is 12.3 Å². The number of hydrogen-bond acceptors (Lipinski definition) is 5. The van der Waals surface area contributed by atoms with Gasteiger partial charge in [0.2, 0.25) is 0 Å². The lowest BCUT2D eigenvalue weighted by atomic mass is 10.1. The number of aromatic nitrogens is 4. The number of tetrazole rings is 1. The molecule has 0 bridgehead atoms. The molecule has 1 aromatic heterocycles. The zero-order valence-electron chi connectivity index (χ0n) is 15.3. The Labute approximate surface area is 151 Å². The van der Waals surface area contributed by atoms with Crippen molar-refractivity contribution in [3.63, 3.8) is 0 Å². The fraction of sp³-hybridized carbons (Fsp3) is 0.263. The third-order valence-corrected chi connectivity index (χ3v) is 4.28. The highest BCUT2D eigenvalue weighted by Crippen LogP contribution is 2.18. The standard InChI is InChI=1S/C19H21N5O2/c1-13-8-5-6-10-16(13)15(3)20-26-12-17-14(2)9-7-11-18(17)24-19(25)23(4)21-22-24/h5-11H,12H2,1-4H3. The fourth-order valence-corrected chi connectivity index (χ4v) is 2.76. The molecule has 7 heteroatoms. The molecule has 0 N–H and O–H groups in total. The van der Waals surface area contributed by atoms with E-state index in [0.29, 0.717) is 5.69 Å². The van der Waals surface area contributed by atoms with Crippen molar-refractivity contribution in [1.29, 1.82) is 0 Å². The molecular weight excluding hydrogens is 330 g/mol. The first-order valence-corrected chi connectivity index (χ1v) is 8.29. The Morgan fingerprint density at radius 1 is 1.08 bits per heavy atom. The normalized spacial score (nSPS) is 11.6. The van der Waals surface area contributed by atoms with Crippen LogP contribution in [0.5, 0.6) is 0 Å². The summed E-state index contributed by atoms with van der Waals surface area (Å²) in [6, 6.07) is 13.7. The molecule has 0 fully saturated rings. The molecule has 0 saturated heterocycles. The van der Waals surface area contributed by atoms with Crippen LogP contribution in [0.1, 0.15) is 29.2 Å². The Bertz CT molecular complexity index is 1020. The average Bonchev–Trinajstić information content (AvgIpc) is 2.95. The van der Waals surface area contributed by atoms with E-state index in [1.807, 2.05) is 63.2 Å². The Balaban J connectivity index is 1.87. The fourth-order valence-electron chi connectivity index (χ4n) is 2.76. The first-order valence-electron chi connectivity index (χ1n) is 8.29. The Hall–Kier alpha value is -3.22. The second kappa shape index (κ2) is 7.35. The highest BCUT2D eigenvalue weighted by Gasteiger charge is 2.13. The molecule has 0 aliphatic heterocycles. The minimum absolute atomic E-state index is 0.230. The van der Waals surface area contributed by atoms with Crippen LogP contribution in [0.3, 0.4) is 0 Å². The second-order valence-corrected chi connectivity index (χ2v) is 6.13. The number of oxime groups is 1. The zero-order valence-corrected chi connectivity index (χ0v) is 15.3. The number of benzene rings is 2. The van der Waals surface area contributed by atoms with Crippen molar-refractivity contribution in [1.82, 2.24) is 19.8 Å². The monoisotopic (exact) mass is 351 g/mol. The van der Waals surface area contributed by atoms with Crippen molar-refractivity contribution >= 4 is 5.71 Å². The molecule has 0 atom stereocenters. The van der Waals surface area contributed by atoms with Gasteiger partial charge >= 0.3 is 5.69 Å². The average molecular weight is 351 g/mol. The number of aryl methyl sites for hydroxylation is 3. The van der Waals surface area contributed by atoms with E-state index in [2.05, 4.69) is 15.6 Å². The highest BCUT2D eigenvalue weighted by atomic mass is 16.6. The molecule has 7 nitrogen and oxygen atoms in total. The van der Waals surface area contributed by atoms with Gasteiger partial charge in [0.1, 0.15) is 6.61 Å². The third kappa shape index (κ3) is 3.42. The summed E-state index contributed by atoms with van der Waals surface area (Å²) < 4.78 is 2.46. The third-order valence-electron chi connectivity index (χ3n) is 4.28. The summed E-state index contributed by atoms with van der Waals surface area (Å²) in [6.45, 7) is 6.14. The molecule has 0 spiro atoms. The van der Waals surface area contributed by atoms with Crippen molar-refractivity contribution in [3.8, 4) is 5.69 Å². The van der Waals surface area contributed by atoms with Crippen LogP contribution < -0.4 is 5.69 Å². The molecule has 0 saturated carbocycles. The SMILES string of the molecule is CC(=NOCc1c(C)cccc1-n1nnn(C)c1=O)c1ccccc1C. The Morgan fingerprint density at radius 2 is 1.81 bits per heavy atom. The van der Waals surface area contributed by atoms with Gasteiger partial charge in [-0.25, -0.2) is 4.79 Å². The van der Waals surface area contributed by atoms with E-state index >= 15 is 0 Å². The predicted molar refractivity (Wildman–Crippen MR) is 99.5 cm³/mol. The molecule has 3 rings (SSSR count). The zero-order chi connectivity index (χ0) is 18.7. The molecule has 3 aromatic rings. The Kier molecular flexibility index (Phi) is 4.97. The van der Waals surface area contributed by atoms with Crippen molar-refractivity contribution in [2.75, 3.05) is 0 Å². The van der Waals surface area contributed by atoms with Crippen LogP contribution in [-0.2, 0) is 18.5 Å². The summed E-state index contributed by atoms with van der Waals surface area (Å²) in [4.78, 5) is 17.8. The van der Waals surface area contributed by atoms with Gasteiger partial charge in [0.15, 0.2) is 0 Å². The topological polar surface area (TPSA) is 74.3 Å². The van der Waals surface area contributed by atoms with Gasteiger partial charge in [-0.2, -0.15) is 9.36 Å². The summed E-state index contributed by atoms with van der Waals surface area (Å²) in [7, 11) is 1.56. The molecule has 0 aliphatic carbocycles. The molecule has 0 radical (unpaired) electrons. The lowest BCUT2D eigenvalue weighted by Crippen LogP contribution is -2.23. The van der Waals surface area contributed by atoms with E-state index in [0.717, 1.165) is 28.0 Å². The predicted octanol–water partition coefficient (Wildman–Crippen LogP) is 2.52. The maximum atomic E-state index is 12.2. The van der Waals surface area contributed by atoms with Crippen LogP contribution in [0.4, 0.5) is 0 Å². The van der Waals surface area contributed by atoms with Crippen molar-refractivity contribution in [3.05, 3.63) is 75.2 Å². The van der Waals surface area contributed by atoms with Gasteiger partial charge in [0.25, 0.3) is 0 Å². The van der Waals surface area contributed by atoms with E-state index in [1.54, 1.807) is 7.05 Å². The number of rotatable bonds is 5. The van der Waals surface area contributed by atoms with Crippen LogP contribution in [0.15, 0.2) is 52.4 Å². The summed E-state index contributed by atoms with van der Waals surface area (Å²) in [5.41, 5.74) is 5.15. The quantitative estimate of drug-likeness (QED) is 0.523. The summed E-state index contributed by atoms with van der Waals surface area (Å²) in [5.74, 6) is 0. The van der Waals surface area contributed by atoms with E-state index in [9.17, 15) is 4.79 Å². The highest BCUT2D eigenvalue weighted by molar-refractivity contribution is 5.99. The van der Waals surface area contributed by atoms with Crippen molar-refractivity contribution < 1.29 is 4.84 Å². The van der Waals surface area contributed by atoms with Crippen molar-refractivity contribution in [2.24, 2.45) is 12.2 Å². The van der Waals surface area contributed by atoms with Gasteiger partial charge in [-0.05, 0) is 48.4 Å². The van der Waals surface area contributed by atoms with Gasteiger partial charge in [0, 0.05) is 18.2 Å². The largest absolute Gasteiger partial charge is 0.391 e. The van der Waals surface area contributed by atoms with Crippen LogP contribution in [0.2, 0.25) is 0 Å². The van der Waals surface area contributed by atoms with Crippen LogP contribution >= 0.6 is 0 Å². The lowest BCUT2D eigenvalue weighted by molar-refractivity contribution is 0.130. The van der Waals surface area contributed by atoms with Crippen LogP contribution in [0.25, 0.3) is 5.69 Å². The van der Waals surface area contributed by atoms with Gasteiger partial charge < -0.3 is 4.84 Å². The number of hydrogen-bond donors (Lipinski definition) is 0. The van der Waals surface area contributed by atoms with Gasteiger partial charge in [-0.1, -0.05) is 41.6 Å². The first kappa shape index (κ1) is 17.6. The molecule has 0 aliphatic rings. The van der Waals surface area contributed by atoms with E-state index < -0.39 is 0 Å². The molecule has 0 amide bonds.